The van der Waals surface area contributed by atoms with E-state index in [1.54, 1.807) is 13.0 Å². The van der Waals surface area contributed by atoms with Crippen LogP contribution in [0.1, 0.15) is 24.2 Å². The van der Waals surface area contributed by atoms with Gasteiger partial charge >= 0.3 is 0 Å². The predicted octanol–water partition coefficient (Wildman–Crippen LogP) is 4.14. The first-order chi connectivity index (χ1) is 9.54. The number of benzene rings is 2. The zero-order chi connectivity index (χ0) is 14.7. The first-order valence-electron chi connectivity index (χ1n) is 6.25. The summed E-state index contributed by atoms with van der Waals surface area (Å²) in [4.78, 5) is 1.95. The Morgan fingerprint density at radius 3 is 2.55 bits per heavy atom. The van der Waals surface area contributed by atoms with E-state index in [0.717, 1.165) is 21.4 Å². The summed E-state index contributed by atoms with van der Waals surface area (Å²) in [6, 6.07) is 15.4. The minimum absolute atomic E-state index is 0.518. The lowest BCUT2D eigenvalue weighted by molar-refractivity contribution is 0.198. The fraction of sp³-hybridized carbons (Fsp3) is 0.188. The van der Waals surface area contributed by atoms with Gasteiger partial charge in [0.05, 0.1) is 17.4 Å². The van der Waals surface area contributed by atoms with E-state index in [0.29, 0.717) is 5.56 Å². The minimum Gasteiger partial charge on any atom is -0.389 e. The molecule has 2 aromatic rings. The van der Waals surface area contributed by atoms with Crippen molar-refractivity contribution in [1.82, 2.24) is 0 Å². The van der Waals surface area contributed by atoms with Gasteiger partial charge in [-0.05, 0) is 36.8 Å². The summed E-state index contributed by atoms with van der Waals surface area (Å²) in [7, 11) is 1.92. The number of hydrogen-bond donors (Lipinski definition) is 1. The Morgan fingerprint density at radius 1 is 1.25 bits per heavy atom. The van der Waals surface area contributed by atoms with Gasteiger partial charge < -0.3 is 10.0 Å². The van der Waals surface area contributed by atoms with Gasteiger partial charge in [0.15, 0.2) is 0 Å². The quantitative estimate of drug-likeness (QED) is 0.919. The molecule has 2 rings (SSSR count). The molecule has 0 aliphatic heterocycles. The van der Waals surface area contributed by atoms with Gasteiger partial charge in [0, 0.05) is 17.2 Å². The van der Waals surface area contributed by atoms with E-state index in [1.807, 2.05) is 48.3 Å². The molecule has 0 saturated carbocycles. The Kier molecular flexibility index (Phi) is 4.43. The van der Waals surface area contributed by atoms with Crippen molar-refractivity contribution >= 4 is 27.3 Å². The van der Waals surface area contributed by atoms with Crippen LogP contribution in [-0.2, 0) is 0 Å². The number of halogens is 1. The summed E-state index contributed by atoms with van der Waals surface area (Å²) in [5, 5.41) is 18.8. The number of aliphatic hydroxyl groups excluding tert-OH is 1. The highest BCUT2D eigenvalue weighted by atomic mass is 79.9. The predicted molar refractivity (Wildman–Crippen MR) is 84.0 cm³/mol. The molecule has 0 saturated heterocycles. The van der Waals surface area contributed by atoms with Gasteiger partial charge in [0.1, 0.15) is 6.07 Å². The van der Waals surface area contributed by atoms with Crippen LogP contribution in [0.2, 0.25) is 0 Å². The average Bonchev–Trinajstić information content (AvgIpc) is 2.45. The molecule has 0 aliphatic rings. The number of para-hydroxylation sites is 1. The van der Waals surface area contributed by atoms with Gasteiger partial charge in [-0.25, -0.2) is 0 Å². The zero-order valence-electron chi connectivity index (χ0n) is 11.3. The lowest BCUT2D eigenvalue weighted by Crippen LogP contribution is -2.11. The molecule has 0 aliphatic carbocycles. The van der Waals surface area contributed by atoms with Gasteiger partial charge in [-0.15, -0.1) is 0 Å². The number of nitrogens with zero attached hydrogens (tertiary/aromatic N) is 2. The van der Waals surface area contributed by atoms with E-state index in [1.165, 1.54) is 0 Å². The Labute approximate surface area is 127 Å². The fourth-order valence-corrected chi connectivity index (χ4v) is 2.76. The third-order valence-electron chi connectivity index (χ3n) is 3.21. The van der Waals surface area contributed by atoms with Gasteiger partial charge in [-0.1, -0.05) is 34.1 Å². The van der Waals surface area contributed by atoms with Crippen molar-refractivity contribution in [3.63, 3.8) is 0 Å². The molecule has 0 bridgehead atoms. The summed E-state index contributed by atoms with van der Waals surface area (Å²) >= 11 is 3.47. The second-order valence-electron chi connectivity index (χ2n) is 4.57. The van der Waals surface area contributed by atoms with E-state index >= 15 is 0 Å². The van der Waals surface area contributed by atoms with Crippen LogP contribution in [-0.4, -0.2) is 12.2 Å². The van der Waals surface area contributed by atoms with Gasteiger partial charge in [-0.2, -0.15) is 5.26 Å². The van der Waals surface area contributed by atoms with Crippen LogP contribution >= 0.6 is 15.9 Å². The van der Waals surface area contributed by atoms with Crippen LogP contribution in [0.15, 0.2) is 46.9 Å². The number of hydrogen-bond acceptors (Lipinski definition) is 3. The van der Waals surface area contributed by atoms with E-state index in [4.69, 9.17) is 5.26 Å². The molecule has 1 atom stereocenters. The van der Waals surface area contributed by atoms with Crippen molar-refractivity contribution in [3.8, 4) is 6.07 Å². The molecule has 0 spiro atoms. The lowest BCUT2D eigenvalue weighted by Gasteiger charge is -2.22. The van der Waals surface area contributed by atoms with Crippen LogP contribution in [0.5, 0.6) is 0 Å². The molecule has 2 aromatic carbocycles. The van der Waals surface area contributed by atoms with Gasteiger partial charge in [0.2, 0.25) is 0 Å². The maximum absolute atomic E-state index is 9.65. The smallest absolute Gasteiger partial charge is 0.101 e. The van der Waals surface area contributed by atoms with Crippen LogP contribution in [0.25, 0.3) is 0 Å². The topological polar surface area (TPSA) is 47.3 Å². The van der Waals surface area contributed by atoms with Crippen LogP contribution in [0.4, 0.5) is 11.4 Å². The highest BCUT2D eigenvalue weighted by Crippen LogP contribution is 2.32. The maximum atomic E-state index is 9.65. The van der Waals surface area contributed by atoms with Gasteiger partial charge in [-0.3, -0.25) is 0 Å². The molecule has 0 fully saturated rings. The Morgan fingerprint density at radius 2 is 1.95 bits per heavy atom. The molecule has 4 heteroatoms. The van der Waals surface area contributed by atoms with Crippen LogP contribution < -0.4 is 4.90 Å². The van der Waals surface area contributed by atoms with Crippen LogP contribution in [0, 0.1) is 11.3 Å². The molecule has 0 heterocycles. The van der Waals surface area contributed by atoms with Crippen molar-refractivity contribution in [3.05, 3.63) is 58.1 Å². The molecule has 0 aromatic heterocycles. The monoisotopic (exact) mass is 330 g/mol. The maximum Gasteiger partial charge on any atom is 0.101 e. The molecule has 102 valence electrons. The largest absolute Gasteiger partial charge is 0.389 e. The molecule has 0 amide bonds. The van der Waals surface area contributed by atoms with Crippen LogP contribution in [0.3, 0.4) is 0 Å². The van der Waals surface area contributed by atoms with Crippen molar-refractivity contribution in [2.24, 2.45) is 0 Å². The third-order valence-corrected chi connectivity index (χ3v) is 3.89. The Bertz CT molecular complexity index is 662. The molecular weight excluding hydrogens is 316 g/mol. The normalized spacial score (nSPS) is 11.8. The second-order valence-corrected chi connectivity index (χ2v) is 5.42. The van der Waals surface area contributed by atoms with E-state index in [-0.39, 0.29) is 0 Å². The summed E-state index contributed by atoms with van der Waals surface area (Å²) in [5.41, 5.74) is 3.28. The van der Waals surface area contributed by atoms with Crippen molar-refractivity contribution in [1.29, 1.82) is 5.26 Å². The Balaban J connectivity index is 2.42. The summed E-state index contributed by atoms with van der Waals surface area (Å²) in [6.07, 6.45) is -0.518. The molecule has 3 nitrogen and oxygen atoms in total. The second kappa shape index (κ2) is 6.08. The summed E-state index contributed by atoms with van der Waals surface area (Å²) < 4.78 is 0.853. The first kappa shape index (κ1) is 14.6. The summed E-state index contributed by atoms with van der Waals surface area (Å²) in [5.74, 6) is 0. The highest BCUT2D eigenvalue weighted by Gasteiger charge is 2.12. The minimum atomic E-state index is -0.518. The molecular formula is C16H15BrN2O. The molecule has 1 N–H and O–H groups in total. The number of anilines is 2. The van der Waals surface area contributed by atoms with Crippen molar-refractivity contribution < 1.29 is 5.11 Å². The zero-order valence-corrected chi connectivity index (χ0v) is 12.9. The lowest BCUT2D eigenvalue weighted by atomic mass is 10.1. The number of nitriles is 1. The van der Waals surface area contributed by atoms with E-state index in [9.17, 15) is 5.11 Å². The SMILES string of the molecule is C[C@@H](O)c1ccc(N(C)c2ccccc2C#N)cc1Br. The average molecular weight is 331 g/mol. The number of aliphatic hydroxyl groups is 1. The van der Waals surface area contributed by atoms with Crippen molar-refractivity contribution in [2.75, 3.05) is 11.9 Å². The van der Waals surface area contributed by atoms with E-state index < -0.39 is 6.10 Å². The molecule has 0 unspecified atom stereocenters. The van der Waals surface area contributed by atoms with Gasteiger partial charge in [0.25, 0.3) is 0 Å². The van der Waals surface area contributed by atoms with Crippen molar-refractivity contribution in [2.45, 2.75) is 13.0 Å². The number of rotatable bonds is 3. The summed E-state index contributed by atoms with van der Waals surface area (Å²) in [6.45, 7) is 1.73. The molecule has 0 radical (unpaired) electrons. The highest BCUT2D eigenvalue weighted by molar-refractivity contribution is 9.10. The first-order valence-corrected chi connectivity index (χ1v) is 7.04. The fourth-order valence-electron chi connectivity index (χ4n) is 2.06. The Hall–Kier alpha value is -1.83. The third kappa shape index (κ3) is 2.84. The standard InChI is InChI=1S/C16H15BrN2O/c1-11(20)14-8-7-13(9-15(14)17)19(2)16-6-4-3-5-12(16)10-18/h3-9,11,20H,1-2H3/t11-/m1/s1. The molecule has 20 heavy (non-hydrogen) atoms. The van der Waals surface area contributed by atoms with E-state index in [2.05, 4.69) is 22.0 Å².